The van der Waals surface area contributed by atoms with Crippen LogP contribution >= 0.6 is 11.6 Å². The number of aryl methyl sites for hydroxylation is 2. The molecule has 5 heteroatoms. The van der Waals surface area contributed by atoms with Gasteiger partial charge in [-0.15, -0.1) is 0 Å². The molecule has 0 saturated heterocycles. The Morgan fingerprint density at radius 1 is 1.33 bits per heavy atom. The Morgan fingerprint density at radius 3 is 2.76 bits per heavy atom. The molecule has 0 spiro atoms. The first-order valence-electron chi connectivity index (χ1n) is 7.04. The Bertz CT molecular complexity index is 610. The zero-order chi connectivity index (χ0) is 15.4. The van der Waals surface area contributed by atoms with E-state index in [1.165, 1.54) is 16.7 Å². The van der Waals surface area contributed by atoms with Gasteiger partial charge in [-0.1, -0.05) is 29.8 Å². The molecule has 2 N–H and O–H groups in total. The van der Waals surface area contributed by atoms with Gasteiger partial charge < -0.3 is 10.5 Å². The molecule has 2 aromatic rings. The average Bonchev–Trinajstić information content (AvgIpc) is 2.81. The lowest BCUT2D eigenvalue weighted by molar-refractivity contribution is 0.182. The number of methoxy groups -OCH3 is 1. The SMILES string of the molecule is COCCn1ncc(Cl)c1C(N)Cc1ccc(C)c(C)c1. The fraction of sp³-hybridized carbons (Fsp3) is 0.438. The number of nitrogens with two attached hydrogens (primary N) is 1. The molecule has 4 nitrogen and oxygen atoms in total. The molecule has 1 aromatic heterocycles. The Kier molecular flexibility index (Phi) is 5.39. The maximum Gasteiger partial charge on any atom is 0.0834 e. The standard InChI is InChI=1S/C16H22ClN3O/c1-11-4-5-13(8-12(11)2)9-15(18)16-14(17)10-19-20(16)6-7-21-3/h4-5,8,10,15H,6-7,9,18H2,1-3H3. The van der Waals surface area contributed by atoms with Gasteiger partial charge in [-0.25, -0.2) is 0 Å². The van der Waals surface area contributed by atoms with Crippen LogP contribution in [0.15, 0.2) is 24.4 Å². The summed E-state index contributed by atoms with van der Waals surface area (Å²) >= 11 is 6.24. The van der Waals surface area contributed by atoms with E-state index in [-0.39, 0.29) is 6.04 Å². The van der Waals surface area contributed by atoms with Crippen LogP contribution in [0.5, 0.6) is 0 Å². The fourth-order valence-corrected chi connectivity index (χ4v) is 2.66. The Hall–Kier alpha value is -1.36. The molecule has 1 heterocycles. The largest absolute Gasteiger partial charge is 0.383 e. The highest BCUT2D eigenvalue weighted by Gasteiger charge is 2.17. The third kappa shape index (κ3) is 3.84. The van der Waals surface area contributed by atoms with E-state index in [1.807, 2.05) is 4.68 Å². The first kappa shape index (κ1) is 16.0. The lowest BCUT2D eigenvalue weighted by Crippen LogP contribution is -2.20. The highest BCUT2D eigenvalue weighted by atomic mass is 35.5. The minimum Gasteiger partial charge on any atom is -0.383 e. The highest BCUT2D eigenvalue weighted by Crippen LogP contribution is 2.24. The molecule has 0 aliphatic rings. The molecular formula is C16H22ClN3O. The molecule has 2 rings (SSSR count). The molecule has 1 atom stereocenters. The average molecular weight is 308 g/mol. The molecule has 0 radical (unpaired) electrons. The van der Waals surface area contributed by atoms with Crippen molar-refractivity contribution in [2.75, 3.05) is 13.7 Å². The van der Waals surface area contributed by atoms with Crippen LogP contribution in [0.2, 0.25) is 5.02 Å². The van der Waals surface area contributed by atoms with E-state index in [9.17, 15) is 0 Å². The van der Waals surface area contributed by atoms with Crippen LogP contribution in [0.1, 0.15) is 28.4 Å². The highest BCUT2D eigenvalue weighted by molar-refractivity contribution is 6.31. The number of aromatic nitrogens is 2. The molecule has 1 aromatic carbocycles. The summed E-state index contributed by atoms with van der Waals surface area (Å²) in [6.07, 6.45) is 2.38. The summed E-state index contributed by atoms with van der Waals surface area (Å²) in [4.78, 5) is 0. The third-order valence-electron chi connectivity index (χ3n) is 3.72. The van der Waals surface area contributed by atoms with Crippen molar-refractivity contribution in [3.63, 3.8) is 0 Å². The second-order valence-electron chi connectivity index (χ2n) is 5.32. The van der Waals surface area contributed by atoms with Crippen LogP contribution in [-0.2, 0) is 17.7 Å². The number of nitrogens with zero attached hydrogens (tertiary/aromatic N) is 2. The lowest BCUT2D eigenvalue weighted by Gasteiger charge is -2.16. The first-order chi connectivity index (χ1) is 10.0. The topological polar surface area (TPSA) is 53.1 Å². The normalized spacial score (nSPS) is 12.6. The van der Waals surface area contributed by atoms with Crippen molar-refractivity contribution in [1.82, 2.24) is 9.78 Å². The lowest BCUT2D eigenvalue weighted by atomic mass is 10.00. The van der Waals surface area contributed by atoms with Crippen molar-refractivity contribution in [1.29, 1.82) is 0 Å². The number of ether oxygens (including phenoxy) is 1. The number of hydrogen-bond acceptors (Lipinski definition) is 3. The quantitative estimate of drug-likeness (QED) is 0.892. The monoisotopic (exact) mass is 307 g/mol. The molecule has 0 fully saturated rings. The Labute approximate surface area is 130 Å². The molecule has 114 valence electrons. The van der Waals surface area contributed by atoms with Crippen molar-refractivity contribution >= 4 is 11.6 Å². The van der Waals surface area contributed by atoms with Crippen molar-refractivity contribution in [3.8, 4) is 0 Å². The van der Waals surface area contributed by atoms with Gasteiger partial charge in [-0.05, 0) is 37.0 Å². The molecule has 0 saturated carbocycles. The van der Waals surface area contributed by atoms with E-state index in [1.54, 1.807) is 13.3 Å². The molecule has 0 aliphatic heterocycles. The van der Waals surface area contributed by atoms with Crippen molar-refractivity contribution in [2.45, 2.75) is 32.9 Å². The predicted molar refractivity (Wildman–Crippen MR) is 85.7 cm³/mol. The smallest absolute Gasteiger partial charge is 0.0834 e. The Morgan fingerprint density at radius 2 is 2.10 bits per heavy atom. The van der Waals surface area contributed by atoms with Crippen LogP contribution in [0.25, 0.3) is 0 Å². The zero-order valence-electron chi connectivity index (χ0n) is 12.8. The number of hydrogen-bond donors (Lipinski definition) is 1. The molecular weight excluding hydrogens is 286 g/mol. The molecule has 0 amide bonds. The second kappa shape index (κ2) is 7.07. The predicted octanol–water partition coefficient (Wildman–Crippen LogP) is 3.04. The maximum atomic E-state index is 6.35. The summed E-state index contributed by atoms with van der Waals surface area (Å²) in [5, 5.41) is 4.89. The van der Waals surface area contributed by atoms with E-state index < -0.39 is 0 Å². The van der Waals surface area contributed by atoms with Crippen LogP contribution in [0, 0.1) is 13.8 Å². The first-order valence-corrected chi connectivity index (χ1v) is 7.42. The fourth-order valence-electron chi connectivity index (χ4n) is 2.38. The number of benzene rings is 1. The molecule has 1 unspecified atom stereocenters. The summed E-state index contributed by atoms with van der Waals surface area (Å²) in [7, 11) is 1.67. The summed E-state index contributed by atoms with van der Waals surface area (Å²) in [5.74, 6) is 0. The van der Waals surface area contributed by atoms with E-state index in [0.717, 1.165) is 12.1 Å². The van der Waals surface area contributed by atoms with Crippen LogP contribution in [-0.4, -0.2) is 23.5 Å². The van der Waals surface area contributed by atoms with Crippen molar-refractivity contribution in [3.05, 3.63) is 51.8 Å². The molecule has 0 bridgehead atoms. The second-order valence-corrected chi connectivity index (χ2v) is 5.73. The van der Waals surface area contributed by atoms with Crippen LogP contribution in [0.3, 0.4) is 0 Å². The third-order valence-corrected chi connectivity index (χ3v) is 4.01. The van der Waals surface area contributed by atoms with Crippen molar-refractivity contribution in [2.24, 2.45) is 5.73 Å². The van der Waals surface area contributed by atoms with Gasteiger partial charge in [0.25, 0.3) is 0 Å². The van der Waals surface area contributed by atoms with Crippen LogP contribution < -0.4 is 5.73 Å². The Balaban J connectivity index is 2.17. The van der Waals surface area contributed by atoms with Gasteiger partial charge >= 0.3 is 0 Å². The van der Waals surface area contributed by atoms with Crippen LogP contribution in [0.4, 0.5) is 0 Å². The van der Waals surface area contributed by atoms with E-state index >= 15 is 0 Å². The summed E-state index contributed by atoms with van der Waals surface area (Å²) in [6.45, 7) is 5.45. The molecule has 21 heavy (non-hydrogen) atoms. The van der Waals surface area contributed by atoms with Gasteiger partial charge in [0.05, 0.1) is 36.1 Å². The number of halogens is 1. The van der Waals surface area contributed by atoms with E-state index in [0.29, 0.717) is 18.2 Å². The number of rotatable bonds is 6. The zero-order valence-corrected chi connectivity index (χ0v) is 13.5. The van der Waals surface area contributed by atoms with Gasteiger partial charge in [0.2, 0.25) is 0 Å². The van der Waals surface area contributed by atoms with E-state index in [2.05, 4.69) is 37.1 Å². The van der Waals surface area contributed by atoms with Gasteiger partial charge in [0.15, 0.2) is 0 Å². The summed E-state index contributed by atoms with van der Waals surface area (Å²) < 4.78 is 6.92. The van der Waals surface area contributed by atoms with E-state index in [4.69, 9.17) is 22.1 Å². The minimum absolute atomic E-state index is 0.182. The summed E-state index contributed by atoms with van der Waals surface area (Å²) in [5.41, 5.74) is 11.0. The van der Waals surface area contributed by atoms with Gasteiger partial charge in [0, 0.05) is 7.11 Å². The van der Waals surface area contributed by atoms with Crippen molar-refractivity contribution < 1.29 is 4.74 Å². The van der Waals surface area contributed by atoms with Gasteiger partial charge in [-0.3, -0.25) is 4.68 Å². The van der Waals surface area contributed by atoms with Gasteiger partial charge in [-0.2, -0.15) is 5.10 Å². The molecule has 0 aliphatic carbocycles. The summed E-state index contributed by atoms with van der Waals surface area (Å²) in [6, 6.07) is 6.24. The maximum absolute atomic E-state index is 6.35. The van der Waals surface area contributed by atoms with Gasteiger partial charge in [0.1, 0.15) is 0 Å². The minimum atomic E-state index is -0.182.